The number of hydrogen-bond acceptors (Lipinski definition) is 4. The van der Waals surface area contributed by atoms with Gasteiger partial charge in [-0.2, -0.15) is 0 Å². The molecule has 1 heterocycles. The van der Waals surface area contributed by atoms with E-state index in [0.29, 0.717) is 19.7 Å². The van der Waals surface area contributed by atoms with Crippen LogP contribution in [0.2, 0.25) is 0 Å². The molecule has 1 saturated heterocycles. The van der Waals surface area contributed by atoms with Crippen molar-refractivity contribution in [2.24, 2.45) is 0 Å². The van der Waals surface area contributed by atoms with Crippen molar-refractivity contribution in [3.05, 3.63) is 29.8 Å². The van der Waals surface area contributed by atoms with E-state index >= 15 is 0 Å². The van der Waals surface area contributed by atoms with E-state index in [-0.39, 0.29) is 18.6 Å². The molecule has 0 spiro atoms. The number of nitrogens with one attached hydrogen (secondary N) is 1. The van der Waals surface area contributed by atoms with E-state index in [0.717, 1.165) is 18.7 Å². The number of morpholine rings is 1. The number of hydrogen-bond donors (Lipinski definition) is 2. The monoisotopic (exact) mass is 278 g/mol. The van der Waals surface area contributed by atoms with Crippen LogP contribution in [0.4, 0.5) is 5.69 Å². The Morgan fingerprint density at radius 3 is 3.15 bits per heavy atom. The van der Waals surface area contributed by atoms with Crippen LogP contribution >= 0.6 is 0 Å². The van der Waals surface area contributed by atoms with E-state index in [1.54, 1.807) is 0 Å². The number of ether oxygens (including phenoxy) is 1. The highest BCUT2D eigenvalue weighted by Crippen LogP contribution is 2.11. The average molecular weight is 278 g/mol. The maximum Gasteiger partial charge on any atom is 0.238 e. The summed E-state index contributed by atoms with van der Waals surface area (Å²) in [5, 5.41) is 12.0. The number of aliphatic hydroxyl groups excluding tert-OH is 1. The second-order valence-corrected chi connectivity index (χ2v) is 5.01. The maximum absolute atomic E-state index is 12.0. The summed E-state index contributed by atoms with van der Waals surface area (Å²) in [7, 11) is 0. The zero-order valence-corrected chi connectivity index (χ0v) is 11.8. The minimum atomic E-state index is -0.181. The van der Waals surface area contributed by atoms with Gasteiger partial charge in [0, 0.05) is 18.8 Å². The molecule has 1 fully saturated rings. The fourth-order valence-corrected chi connectivity index (χ4v) is 2.31. The van der Waals surface area contributed by atoms with Crippen LogP contribution in [0.25, 0.3) is 0 Å². The number of aliphatic hydroxyl groups is 1. The Bertz CT molecular complexity index is 450. The van der Waals surface area contributed by atoms with Gasteiger partial charge in [-0.15, -0.1) is 0 Å². The molecular weight excluding hydrogens is 256 g/mol. The van der Waals surface area contributed by atoms with Crippen molar-refractivity contribution in [3.8, 4) is 0 Å². The van der Waals surface area contributed by atoms with Crippen LogP contribution in [0.3, 0.4) is 0 Å². The number of aryl methyl sites for hydroxylation is 1. The first kappa shape index (κ1) is 15.0. The number of rotatable bonds is 5. The Morgan fingerprint density at radius 2 is 2.40 bits per heavy atom. The van der Waals surface area contributed by atoms with E-state index in [2.05, 4.69) is 12.2 Å². The van der Waals surface area contributed by atoms with Crippen molar-refractivity contribution >= 4 is 11.6 Å². The molecule has 0 radical (unpaired) electrons. The molecule has 1 amide bonds. The van der Waals surface area contributed by atoms with E-state index in [1.807, 2.05) is 29.2 Å². The molecule has 1 aromatic carbocycles. The van der Waals surface area contributed by atoms with Gasteiger partial charge in [-0.25, -0.2) is 0 Å². The van der Waals surface area contributed by atoms with Crippen LogP contribution in [-0.4, -0.2) is 54.9 Å². The highest BCUT2D eigenvalue weighted by Gasteiger charge is 2.21. The van der Waals surface area contributed by atoms with E-state index in [4.69, 9.17) is 9.84 Å². The molecule has 1 aliphatic heterocycles. The molecule has 20 heavy (non-hydrogen) atoms. The summed E-state index contributed by atoms with van der Waals surface area (Å²) in [6.07, 6.45) is 0.769. The number of anilines is 1. The zero-order chi connectivity index (χ0) is 14.4. The van der Waals surface area contributed by atoms with Crippen LogP contribution in [0.1, 0.15) is 12.5 Å². The molecule has 2 rings (SSSR count). The zero-order valence-electron chi connectivity index (χ0n) is 11.8. The molecule has 2 N–H and O–H groups in total. The number of amides is 1. The van der Waals surface area contributed by atoms with Crippen LogP contribution in [-0.2, 0) is 16.0 Å². The molecule has 1 aliphatic rings. The average Bonchev–Trinajstić information content (AvgIpc) is 2.47. The molecule has 110 valence electrons. The summed E-state index contributed by atoms with van der Waals surface area (Å²) >= 11 is 0. The summed E-state index contributed by atoms with van der Waals surface area (Å²) < 4.78 is 5.36. The minimum Gasteiger partial charge on any atom is -0.394 e. The largest absolute Gasteiger partial charge is 0.394 e. The molecule has 1 aromatic rings. The van der Waals surface area contributed by atoms with Crippen molar-refractivity contribution in [2.75, 3.05) is 38.2 Å². The summed E-state index contributed by atoms with van der Waals surface area (Å²) in [6, 6.07) is 7.88. The van der Waals surface area contributed by atoms with E-state index < -0.39 is 0 Å². The lowest BCUT2D eigenvalue weighted by Crippen LogP contribution is -2.46. The Balaban J connectivity index is 1.85. The molecular formula is C15H22N2O3. The fourth-order valence-electron chi connectivity index (χ4n) is 2.31. The second kappa shape index (κ2) is 7.38. The lowest BCUT2D eigenvalue weighted by molar-refractivity contribution is -0.120. The highest BCUT2D eigenvalue weighted by atomic mass is 16.5. The van der Waals surface area contributed by atoms with E-state index in [9.17, 15) is 4.79 Å². The van der Waals surface area contributed by atoms with Gasteiger partial charge in [0.1, 0.15) is 0 Å². The van der Waals surface area contributed by atoms with Gasteiger partial charge in [-0.1, -0.05) is 19.1 Å². The van der Waals surface area contributed by atoms with Gasteiger partial charge < -0.3 is 15.2 Å². The quantitative estimate of drug-likeness (QED) is 0.839. The standard InChI is InChI=1S/C15H22N2O3/c1-2-12-4-3-5-13(8-12)16-15(19)10-17-6-7-20-14(9-17)11-18/h3-5,8,14,18H,2,6-7,9-11H2,1H3,(H,16,19)/t14-/m0/s1. The fraction of sp³-hybridized carbons (Fsp3) is 0.533. The number of carbonyl (C=O) groups is 1. The predicted molar refractivity (Wildman–Crippen MR) is 77.7 cm³/mol. The summed E-state index contributed by atoms with van der Waals surface area (Å²) in [5.41, 5.74) is 2.04. The molecule has 5 nitrogen and oxygen atoms in total. The first-order valence-corrected chi connectivity index (χ1v) is 7.05. The molecule has 0 bridgehead atoms. The lowest BCUT2D eigenvalue weighted by atomic mass is 10.1. The smallest absolute Gasteiger partial charge is 0.238 e. The predicted octanol–water partition coefficient (Wildman–Crippen LogP) is 0.881. The third kappa shape index (κ3) is 4.30. The first-order valence-electron chi connectivity index (χ1n) is 7.05. The van der Waals surface area contributed by atoms with Crippen LogP contribution in [0, 0.1) is 0 Å². The second-order valence-electron chi connectivity index (χ2n) is 5.01. The SMILES string of the molecule is CCc1cccc(NC(=O)CN2CCO[C@H](CO)C2)c1. The number of carbonyl (C=O) groups excluding carboxylic acids is 1. The lowest BCUT2D eigenvalue weighted by Gasteiger charge is -2.31. The van der Waals surface area contributed by atoms with E-state index in [1.165, 1.54) is 5.56 Å². The van der Waals surface area contributed by atoms with Crippen molar-refractivity contribution in [1.82, 2.24) is 4.90 Å². The van der Waals surface area contributed by atoms with Crippen LogP contribution in [0.5, 0.6) is 0 Å². The van der Waals surface area contributed by atoms with Gasteiger partial charge in [0.05, 0.1) is 25.9 Å². The van der Waals surface area contributed by atoms with Gasteiger partial charge in [0.25, 0.3) is 0 Å². The van der Waals surface area contributed by atoms with Crippen LogP contribution < -0.4 is 5.32 Å². The van der Waals surface area contributed by atoms with Crippen molar-refractivity contribution in [3.63, 3.8) is 0 Å². The third-order valence-corrected chi connectivity index (χ3v) is 3.41. The summed E-state index contributed by atoms with van der Waals surface area (Å²) in [5.74, 6) is -0.0307. The first-order chi connectivity index (χ1) is 9.71. The number of benzene rings is 1. The number of nitrogens with zero attached hydrogens (tertiary/aromatic N) is 1. The maximum atomic E-state index is 12.0. The molecule has 1 atom stereocenters. The minimum absolute atomic E-state index is 0.00331. The van der Waals surface area contributed by atoms with Gasteiger partial charge >= 0.3 is 0 Å². The Hall–Kier alpha value is -1.43. The molecule has 5 heteroatoms. The van der Waals surface area contributed by atoms with Gasteiger partial charge in [0.2, 0.25) is 5.91 Å². The topological polar surface area (TPSA) is 61.8 Å². The molecule has 0 saturated carbocycles. The summed E-state index contributed by atoms with van der Waals surface area (Å²) in [6.45, 7) is 4.29. The molecule has 0 aromatic heterocycles. The van der Waals surface area contributed by atoms with Gasteiger partial charge in [-0.3, -0.25) is 9.69 Å². The Labute approximate surface area is 119 Å². The molecule has 0 aliphatic carbocycles. The van der Waals surface area contributed by atoms with Crippen molar-refractivity contribution < 1.29 is 14.6 Å². The van der Waals surface area contributed by atoms with Crippen LogP contribution in [0.15, 0.2) is 24.3 Å². The van der Waals surface area contributed by atoms with Gasteiger partial charge in [0.15, 0.2) is 0 Å². The molecule has 0 unspecified atom stereocenters. The summed E-state index contributed by atoms with van der Waals surface area (Å²) in [4.78, 5) is 14.0. The van der Waals surface area contributed by atoms with Gasteiger partial charge in [-0.05, 0) is 24.1 Å². The van der Waals surface area contributed by atoms with Crippen molar-refractivity contribution in [1.29, 1.82) is 0 Å². The third-order valence-electron chi connectivity index (χ3n) is 3.41. The highest BCUT2D eigenvalue weighted by molar-refractivity contribution is 5.92. The normalized spacial score (nSPS) is 19.8. The Kier molecular flexibility index (Phi) is 5.52. The van der Waals surface area contributed by atoms with Crippen molar-refractivity contribution in [2.45, 2.75) is 19.4 Å². The Morgan fingerprint density at radius 1 is 1.55 bits per heavy atom.